The van der Waals surface area contributed by atoms with E-state index in [-0.39, 0.29) is 10.4 Å². The molecule has 112 valence electrons. The molecule has 1 aliphatic rings. The molecule has 1 aromatic carbocycles. The smallest absolute Gasteiger partial charge is 0.142 e. The summed E-state index contributed by atoms with van der Waals surface area (Å²) in [5.41, 5.74) is 0.707. The first kappa shape index (κ1) is 15.8. The fourth-order valence-corrected chi connectivity index (χ4v) is 3.90. The van der Waals surface area contributed by atoms with Crippen molar-refractivity contribution in [2.24, 2.45) is 11.3 Å². The molecule has 1 unspecified atom stereocenters. The zero-order valence-corrected chi connectivity index (χ0v) is 13.1. The van der Waals surface area contributed by atoms with Crippen LogP contribution in [0.3, 0.4) is 0 Å². The lowest BCUT2D eigenvalue weighted by atomic mass is 9.72. The van der Waals surface area contributed by atoms with Crippen LogP contribution in [-0.2, 0) is 6.42 Å². The quantitative estimate of drug-likeness (QED) is 0.812. The molecule has 2 rings (SSSR count). The maximum Gasteiger partial charge on any atom is 0.142 e. The largest absolute Gasteiger partial charge is 0.392 e. The number of hydrogen-bond acceptors (Lipinski definition) is 1. The van der Waals surface area contributed by atoms with Crippen LogP contribution < -0.4 is 0 Å². The molecular formula is C17H24ClFO. The SMILES string of the molecule is CC(C)CC1(C(O)Cc2cccc(F)c2Cl)CCCC1. The Kier molecular flexibility index (Phi) is 5.09. The van der Waals surface area contributed by atoms with Crippen molar-refractivity contribution in [1.82, 2.24) is 0 Å². The first-order valence-electron chi connectivity index (χ1n) is 7.55. The third-order valence-corrected chi connectivity index (χ3v) is 4.99. The van der Waals surface area contributed by atoms with E-state index in [0.717, 1.165) is 19.3 Å². The van der Waals surface area contributed by atoms with E-state index >= 15 is 0 Å². The minimum atomic E-state index is -0.438. The van der Waals surface area contributed by atoms with Crippen molar-refractivity contribution in [3.8, 4) is 0 Å². The zero-order chi connectivity index (χ0) is 14.8. The molecule has 0 spiro atoms. The molecule has 0 amide bonds. The van der Waals surface area contributed by atoms with Crippen LogP contribution in [0.2, 0.25) is 5.02 Å². The van der Waals surface area contributed by atoms with Gasteiger partial charge in [0.05, 0.1) is 11.1 Å². The third-order valence-electron chi connectivity index (χ3n) is 4.57. The summed E-state index contributed by atoms with van der Waals surface area (Å²) in [5, 5.41) is 10.9. The van der Waals surface area contributed by atoms with Crippen LogP contribution in [0.15, 0.2) is 18.2 Å². The molecule has 3 heteroatoms. The van der Waals surface area contributed by atoms with Crippen molar-refractivity contribution in [3.05, 3.63) is 34.6 Å². The predicted molar refractivity (Wildman–Crippen MR) is 81.5 cm³/mol. The van der Waals surface area contributed by atoms with Crippen LogP contribution >= 0.6 is 11.6 Å². The Morgan fingerprint density at radius 3 is 2.55 bits per heavy atom. The van der Waals surface area contributed by atoms with Crippen LogP contribution in [0.4, 0.5) is 4.39 Å². The summed E-state index contributed by atoms with van der Waals surface area (Å²) in [7, 11) is 0. The van der Waals surface area contributed by atoms with Crippen molar-refractivity contribution >= 4 is 11.6 Å². The number of benzene rings is 1. The first-order valence-corrected chi connectivity index (χ1v) is 7.93. The molecule has 0 aliphatic heterocycles. The van der Waals surface area contributed by atoms with Crippen LogP contribution in [0.1, 0.15) is 51.5 Å². The second-order valence-electron chi connectivity index (χ2n) is 6.60. The van der Waals surface area contributed by atoms with Gasteiger partial charge in [-0.05, 0) is 42.2 Å². The van der Waals surface area contributed by atoms with E-state index in [1.165, 1.54) is 18.9 Å². The van der Waals surface area contributed by atoms with Gasteiger partial charge < -0.3 is 5.11 Å². The van der Waals surface area contributed by atoms with Gasteiger partial charge in [-0.3, -0.25) is 0 Å². The molecule has 0 radical (unpaired) electrons. The van der Waals surface area contributed by atoms with E-state index in [2.05, 4.69) is 13.8 Å². The average Bonchev–Trinajstić information content (AvgIpc) is 2.84. The molecule has 1 N–H and O–H groups in total. The lowest BCUT2D eigenvalue weighted by Gasteiger charge is -2.36. The second-order valence-corrected chi connectivity index (χ2v) is 6.98. The summed E-state index contributed by atoms with van der Waals surface area (Å²) in [6.45, 7) is 4.39. The Bertz CT molecular complexity index is 452. The number of halogens is 2. The Morgan fingerprint density at radius 2 is 1.95 bits per heavy atom. The highest BCUT2D eigenvalue weighted by Gasteiger charge is 2.40. The van der Waals surface area contributed by atoms with Gasteiger partial charge in [-0.1, -0.05) is 50.4 Å². The minimum absolute atomic E-state index is 0.0101. The zero-order valence-electron chi connectivity index (χ0n) is 12.3. The molecule has 1 aliphatic carbocycles. The maximum atomic E-state index is 13.5. The number of aliphatic hydroxyl groups is 1. The fourth-order valence-electron chi connectivity index (χ4n) is 3.70. The fraction of sp³-hybridized carbons (Fsp3) is 0.647. The molecule has 0 aromatic heterocycles. The van der Waals surface area contributed by atoms with Gasteiger partial charge in [-0.2, -0.15) is 0 Å². The summed E-state index contributed by atoms with van der Waals surface area (Å²) >= 11 is 6.01. The maximum absolute atomic E-state index is 13.5. The molecule has 1 atom stereocenters. The van der Waals surface area contributed by atoms with Crippen molar-refractivity contribution in [3.63, 3.8) is 0 Å². The van der Waals surface area contributed by atoms with Gasteiger partial charge >= 0.3 is 0 Å². The van der Waals surface area contributed by atoms with E-state index < -0.39 is 11.9 Å². The first-order chi connectivity index (χ1) is 9.44. The minimum Gasteiger partial charge on any atom is -0.392 e. The Labute approximate surface area is 126 Å². The average molecular weight is 299 g/mol. The lowest BCUT2D eigenvalue weighted by Crippen LogP contribution is -2.35. The standard InChI is InChI=1S/C17H24ClFO/c1-12(2)11-17(8-3-4-9-17)15(20)10-13-6-5-7-14(19)16(13)18/h5-7,12,15,20H,3-4,8-11H2,1-2H3. The van der Waals surface area contributed by atoms with Gasteiger partial charge in [0.25, 0.3) is 0 Å². The summed E-state index contributed by atoms with van der Waals surface area (Å²) in [6.07, 6.45) is 5.54. The van der Waals surface area contributed by atoms with Crippen molar-refractivity contribution < 1.29 is 9.50 Å². The monoisotopic (exact) mass is 298 g/mol. The van der Waals surface area contributed by atoms with Crippen molar-refractivity contribution in [2.45, 2.75) is 58.5 Å². The summed E-state index contributed by atoms with van der Waals surface area (Å²) in [6, 6.07) is 4.83. The molecule has 0 heterocycles. The molecule has 1 nitrogen and oxygen atoms in total. The van der Waals surface area contributed by atoms with Gasteiger partial charge in [0.15, 0.2) is 0 Å². The molecule has 20 heavy (non-hydrogen) atoms. The lowest BCUT2D eigenvalue weighted by molar-refractivity contribution is 0.0133. The number of aliphatic hydroxyl groups excluding tert-OH is 1. The van der Waals surface area contributed by atoms with Crippen LogP contribution in [0.25, 0.3) is 0 Å². The Hall–Kier alpha value is -0.600. The summed E-state index contributed by atoms with van der Waals surface area (Å²) < 4.78 is 13.5. The van der Waals surface area contributed by atoms with Crippen molar-refractivity contribution in [2.75, 3.05) is 0 Å². The number of rotatable bonds is 5. The van der Waals surface area contributed by atoms with Gasteiger partial charge in [-0.15, -0.1) is 0 Å². The highest BCUT2D eigenvalue weighted by Crippen LogP contribution is 2.47. The topological polar surface area (TPSA) is 20.2 Å². The second kappa shape index (κ2) is 6.44. The van der Waals surface area contributed by atoms with Gasteiger partial charge in [0, 0.05) is 6.42 Å². The Morgan fingerprint density at radius 1 is 1.30 bits per heavy atom. The molecule has 1 saturated carbocycles. The summed E-state index contributed by atoms with van der Waals surface area (Å²) in [5.74, 6) is 0.159. The van der Waals surface area contributed by atoms with Crippen LogP contribution in [-0.4, -0.2) is 11.2 Å². The van der Waals surface area contributed by atoms with Gasteiger partial charge in [0.2, 0.25) is 0 Å². The van der Waals surface area contributed by atoms with E-state index in [1.807, 2.05) is 6.07 Å². The molecule has 0 saturated heterocycles. The predicted octanol–water partition coefficient (Wildman–Crippen LogP) is 4.99. The summed E-state index contributed by atoms with van der Waals surface area (Å²) in [4.78, 5) is 0. The number of hydrogen-bond donors (Lipinski definition) is 1. The highest BCUT2D eigenvalue weighted by atomic mass is 35.5. The van der Waals surface area contributed by atoms with Gasteiger partial charge in [-0.25, -0.2) is 4.39 Å². The van der Waals surface area contributed by atoms with Crippen LogP contribution in [0.5, 0.6) is 0 Å². The molecule has 1 aromatic rings. The highest BCUT2D eigenvalue weighted by molar-refractivity contribution is 6.31. The van der Waals surface area contributed by atoms with Gasteiger partial charge in [0.1, 0.15) is 5.82 Å². The van der Waals surface area contributed by atoms with E-state index in [0.29, 0.717) is 17.9 Å². The van der Waals surface area contributed by atoms with Crippen LogP contribution in [0, 0.1) is 17.2 Å². The normalized spacial score (nSPS) is 19.5. The molecule has 1 fully saturated rings. The molecular weight excluding hydrogens is 275 g/mol. The third kappa shape index (κ3) is 3.35. The van der Waals surface area contributed by atoms with Crippen molar-refractivity contribution in [1.29, 1.82) is 0 Å². The molecule has 0 bridgehead atoms. The van der Waals surface area contributed by atoms with E-state index in [9.17, 15) is 9.50 Å². The van der Waals surface area contributed by atoms with E-state index in [1.54, 1.807) is 6.07 Å². The van der Waals surface area contributed by atoms with E-state index in [4.69, 9.17) is 11.6 Å². The Balaban J connectivity index is 2.16.